The Morgan fingerprint density at radius 1 is 1.06 bits per heavy atom. The van der Waals surface area contributed by atoms with E-state index in [1.54, 1.807) is 43.3 Å². The number of carbonyl (C=O) groups excluding carboxylic acids is 2. The van der Waals surface area contributed by atoms with E-state index in [1.165, 1.54) is 17.4 Å². The second kappa shape index (κ2) is 7.89. The normalized spacial score (nSPS) is 18.6. The van der Waals surface area contributed by atoms with Gasteiger partial charge in [0.05, 0.1) is 11.6 Å². The highest BCUT2D eigenvalue weighted by molar-refractivity contribution is 7.10. The number of hydrogen-bond donors (Lipinski definition) is 1. The van der Waals surface area contributed by atoms with Crippen molar-refractivity contribution in [2.24, 2.45) is 11.8 Å². The minimum absolute atomic E-state index is 0.142. The van der Waals surface area contributed by atoms with Gasteiger partial charge < -0.3 is 10.1 Å². The third-order valence-corrected chi connectivity index (χ3v) is 6.84. The number of fused-ring (bicyclic) bond motifs is 1. The van der Waals surface area contributed by atoms with Crippen LogP contribution in [0.1, 0.15) is 36.8 Å². The fourth-order valence-corrected chi connectivity index (χ4v) is 4.69. The molecule has 2 unspecified atom stereocenters. The Morgan fingerprint density at radius 2 is 1.77 bits per heavy atom. The third-order valence-electron chi connectivity index (χ3n) is 5.85. The van der Waals surface area contributed by atoms with Gasteiger partial charge in [-0.1, -0.05) is 45.0 Å². The highest BCUT2D eigenvalue weighted by atomic mass is 32.1. The molecule has 2 heterocycles. The summed E-state index contributed by atoms with van der Waals surface area (Å²) in [5.74, 6) is -2.68. The lowest BCUT2D eigenvalue weighted by Crippen LogP contribution is -2.36. The van der Waals surface area contributed by atoms with Crippen molar-refractivity contribution in [2.75, 3.05) is 5.32 Å². The number of thiophene rings is 1. The minimum atomic E-state index is -1.33. The zero-order valence-electron chi connectivity index (χ0n) is 17.2. The molecular formula is C24H21F2NO3S. The fourth-order valence-electron chi connectivity index (χ4n) is 3.73. The van der Waals surface area contributed by atoms with Gasteiger partial charge in [-0.15, -0.1) is 11.3 Å². The molecule has 2 atom stereocenters. The SMILES string of the molecule is CC(C)C(C)C(=O)Oc1ccc(C2(c3cccs3)C(=O)Nc3c2ccc(F)c3F)cc1. The van der Waals surface area contributed by atoms with E-state index in [-0.39, 0.29) is 23.5 Å². The van der Waals surface area contributed by atoms with E-state index in [4.69, 9.17) is 4.74 Å². The highest BCUT2D eigenvalue weighted by Gasteiger charge is 2.51. The van der Waals surface area contributed by atoms with E-state index in [0.717, 1.165) is 6.07 Å². The molecule has 7 heteroatoms. The Morgan fingerprint density at radius 3 is 2.39 bits per heavy atom. The van der Waals surface area contributed by atoms with Gasteiger partial charge in [0.15, 0.2) is 11.6 Å². The lowest BCUT2D eigenvalue weighted by molar-refractivity contribution is -0.139. The van der Waals surface area contributed by atoms with Crippen LogP contribution in [-0.2, 0) is 15.0 Å². The largest absolute Gasteiger partial charge is 0.426 e. The topological polar surface area (TPSA) is 55.4 Å². The number of amides is 1. The molecule has 0 saturated carbocycles. The van der Waals surface area contributed by atoms with Gasteiger partial charge in [0, 0.05) is 10.4 Å². The van der Waals surface area contributed by atoms with Crippen molar-refractivity contribution in [3.05, 3.63) is 81.5 Å². The van der Waals surface area contributed by atoms with Crippen LogP contribution in [0.2, 0.25) is 0 Å². The van der Waals surface area contributed by atoms with E-state index in [2.05, 4.69) is 5.32 Å². The minimum Gasteiger partial charge on any atom is -0.426 e. The molecule has 0 fully saturated rings. The molecule has 0 radical (unpaired) electrons. The van der Waals surface area contributed by atoms with E-state index >= 15 is 0 Å². The van der Waals surface area contributed by atoms with Gasteiger partial charge in [-0.2, -0.15) is 0 Å². The molecule has 1 N–H and O–H groups in total. The fraction of sp³-hybridized carbons (Fsp3) is 0.250. The number of anilines is 1. The molecule has 1 aliphatic rings. The standard InChI is InChI=1S/C24H21F2NO3S/c1-13(2)14(3)22(28)30-16-8-6-15(7-9-16)24(19-5-4-12-31-19)17-10-11-18(25)20(26)21(17)27-23(24)29/h4-14H,1-3H3,(H,27,29). The van der Waals surface area contributed by atoms with Crippen molar-refractivity contribution in [2.45, 2.75) is 26.2 Å². The molecule has 2 aromatic carbocycles. The lowest BCUT2D eigenvalue weighted by Gasteiger charge is -2.27. The lowest BCUT2D eigenvalue weighted by atomic mass is 9.74. The Labute approximate surface area is 182 Å². The van der Waals surface area contributed by atoms with Gasteiger partial charge in [-0.3, -0.25) is 9.59 Å². The summed E-state index contributed by atoms with van der Waals surface area (Å²) in [5.41, 5.74) is -0.572. The van der Waals surface area contributed by atoms with Gasteiger partial charge in [0.2, 0.25) is 5.91 Å². The molecule has 0 bridgehead atoms. The maximum absolute atomic E-state index is 14.5. The quantitative estimate of drug-likeness (QED) is 0.420. The second-order valence-electron chi connectivity index (χ2n) is 7.94. The zero-order chi connectivity index (χ0) is 22.3. The first-order valence-electron chi connectivity index (χ1n) is 9.93. The second-order valence-corrected chi connectivity index (χ2v) is 8.89. The molecule has 31 heavy (non-hydrogen) atoms. The Hall–Kier alpha value is -3.06. The van der Waals surface area contributed by atoms with Crippen LogP contribution >= 0.6 is 11.3 Å². The molecule has 160 valence electrons. The molecule has 1 amide bonds. The number of carbonyl (C=O) groups is 2. The first-order chi connectivity index (χ1) is 14.8. The number of rotatable bonds is 5. The van der Waals surface area contributed by atoms with Crippen LogP contribution in [-0.4, -0.2) is 11.9 Å². The molecule has 3 aromatic rings. The van der Waals surface area contributed by atoms with Gasteiger partial charge in [0.25, 0.3) is 0 Å². The smallest absolute Gasteiger partial charge is 0.314 e. The Balaban J connectivity index is 1.80. The number of esters is 1. The van der Waals surface area contributed by atoms with Gasteiger partial charge in [0.1, 0.15) is 11.2 Å². The maximum atomic E-state index is 14.5. The van der Waals surface area contributed by atoms with Gasteiger partial charge in [-0.25, -0.2) is 8.78 Å². The van der Waals surface area contributed by atoms with Crippen LogP contribution in [0, 0.1) is 23.5 Å². The van der Waals surface area contributed by atoms with E-state index in [0.29, 0.717) is 21.8 Å². The Bertz CT molecular complexity index is 1140. The summed E-state index contributed by atoms with van der Waals surface area (Å²) in [6, 6.07) is 12.6. The van der Waals surface area contributed by atoms with Crippen molar-refractivity contribution in [1.29, 1.82) is 0 Å². The van der Waals surface area contributed by atoms with Crippen molar-refractivity contribution in [3.63, 3.8) is 0 Å². The average Bonchev–Trinajstić information content (AvgIpc) is 3.37. The summed E-state index contributed by atoms with van der Waals surface area (Å²) in [7, 11) is 0. The monoisotopic (exact) mass is 441 g/mol. The van der Waals surface area contributed by atoms with E-state index < -0.39 is 23.0 Å². The van der Waals surface area contributed by atoms with Gasteiger partial charge >= 0.3 is 5.97 Å². The van der Waals surface area contributed by atoms with Gasteiger partial charge in [-0.05, 0) is 41.1 Å². The van der Waals surface area contributed by atoms with Crippen LogP contribution in [0.25, 0.3) is 0 Å². The molecule has 0 saturated heterocycles. The summed E-state index contributed by atoms with van der Waals surface area (Å²) in [6.45, 7) is 5.69. The molecule has 0 aliphatic carbocycles. The molecule has 4 rings (SSSR count). The van der Waals surface area contributed by atoms with Crippen LogP contribution in [0.4, 0.5) is 14.5 Å². The zero-order valence-corrected chi connectivity index (χ0v) is 18.1. The number of nitrogens with one attached hydrogen (secondary N) is 1. The molecular weight excluding hydrogens is 420 g/mol. The van der Waals surface area contributed by atoms with Crippen LogP contribution in [0.15, 0.2) is 53.9 Å². The predicted molar refractivity (Wildman–Crippen MR) is 115 cm³/mol. The highest BCUT2D eigenvalue weighted by Crippen LogP contribution is 2.50. The maximum Gasteiger partial charge on any atom is 0.314 e. The van der Waals surface area contributed by atoms with Crippen molar-refractivity contribution >= 4 is 28.9 Å². The van der Waals surface area contributed by atoms with E-state index in [9.17, 15) is 18.4 Å². The summed E-state index contributed by atoms with van der Waals surface area (Å²) in [6.07, 6.45) is 0. The van der Waals surface area contributed by atoms with Crippen molar-refractivity contribution in [1.82, 2.24) is 0 Å². The number of halogens is 2. The third kappa shape index (κ3) is 3.33. The summed E-state index contributed by atoms with van der Waals surface area (Å²) < 4.78 is 33.8. The molecule has 1 aromatic heterocycles. The number of ether oxygens (including phenoxy) is 1. The average molecular weight is 441 g/mol. The first-order valence-corrected chi connectivity index (χ1v) is 10.8. The Kier molecular flexibility index (Phi) is 5.39. The molecule has 0 spiro atoms. The number of hydrogen-bond acceptors (Lipinski definition) is 4. The van der Waals surface area contributed by atoms with Crippen LogP contribution < -0.4 is 10.1 Å². The molecule has 4 nitrogen and oxygen atoms in total. The first kappa shape index (κ1) is 21.2. The van der Waals surface area contributed by atoms with Crippen molar-refractivity contribution < 1.29 is 23.1 Å². The van der Waals surface area contributed by atoms with Crippen LogP contribution in [0.3, 0.4) is 0 Å². The summed E-state index contributed by atoms with van der Waals surface area (Å²) in [5, 5.41) is 4.35. The predicted octanol–water partition coefficient (Wildman–Crippen LogP) is 5.51. The van der Waals surface area contributed by atoms with E-state index in [1.807, 2.05) is 19.2 Å². The van der Waals surface area contributed by atoms with Crippen molar-refractivity contribution in [3.8, 4) is 5.75 Å². The summed E-state index contributed by atoms with van der Waals surface area (Å²) >= 11 is 1.35. The number of benzene rings is 2. The molecule has 1 aliphatic heterocycles. The summed E-state index contributed by atoms with van der Waals surface area (Å²) in [4.78, 5) is 26.2. The van der Waals surface area contributed by atoms with Crippen LogP contribution in [0.5, 0.6) is 5.75 Å².